The van der Waals surface area contributed by atoms with Gasteiger partial charge in [0.15, 0.2) is 9.84 Å². The van der Waals surface area contributed by atoms with E-state index in [2.05, 4.69) is 15.4 Å². The number of anilines is 1. The van der Waals surface area contributed by atoms with Crippen molar-refractivity contribution in [3.63, 3.8) is 0 Å². The maximum Gasteiger partial charge on any atom is 0.257 e. The number of carbonyl (C=O) groups is 1. The van der Waals surface area contributed by atoms with Crippen molar-refractivity contribution in [3.05, 3.63) is 102 Å². The Morgan fingerprint density at radius 1 is 0.943 bits per heavy atom. The second-order valence-corrected chi connectivity index (χ2v) is 10.0. The minimum Gasteiger partial charge on any atom is -0.323 e. The minimum atomic E-state index is -3.38. The van der Waals surface area contributed by atoms with Crippen LogP contribution in [0, 0.1) is 6.92 Å². The van der Waals surface area contributed by atoms with Gasteiger partial charge in [-0.05, 0) is 54.4 Å². The van der Waals surface area contributed by atoms with Crippen LogP contribution < -0.4 is 11.2 Å². The molecule has 1 aromatic heterocycles. The second kappa shape index (κ2) is 9.90. The second-order valence-electron chi connectivity index (χ2n) is 8.05. The fraction of sp³-hybridized carbons (Fsp3) is 0.0741. The largest absolute Gasteiger partial charge is 0.323 e. The third-order valence-corrected chi connectivity index (χ3v) is 6.56. The molecule has 0 aliphatic heterocycles. The lowest BCUT2D eigenvalue weighted by molar-refractivity contribution is 0.102. The van der Waals surface area contributed by atoms with Gasteiger partial charge in [0.2, 0.25) is 0 Å². The van der Waals surface area contributed by atoms with Gasteiger partial charge in [-0.3, -0.25) is 9.78 Å². The summed E-state index contributed by atoms with van der Waals surface area (Å²) in [5, 5.41) is 6.47. The number of aromatic nitrogens is 1. The monoisotopic (exact) mass is 484 g/mol. The number of pyridine rings is 1. The molecule has 0 unspecified atom stereocenters. The quantitative estimate of drug-likeness (QED) is 0.234. The van der Waals surface area contributed by atoms with Gasteiger partial charge in [-0.25, -0.2) is 8.42 Å². The molecule has 0 radical (unpaired) electrons. The Morgan fingerprint density at radius 2 is 1.69 bits per heavy atom. The van der Waals surface area contributed by atoms with E-state index in [9.17, 15) is 13.2 Å². The summed E-state index contributed by atoms with van der Waals surface area (Å²) >= 11 is 0. The van der Waals surface area contributed by atoms with Crippen LogP contribution in [-0.2, 0) is 9.84 Å². The lowest BCUT2D eigenvalue weighted by Gasteiger charge is -2.12. The predicted molar refractivity (Wildman–Crippen MR) is 139 cm³/mol. The van der Waals surface area contributed by atoms with E-state index < -0.39 is 9.84 Å². The fourth-order valence-corrected chi connectivity index (χ4v) is 4.68. The molecule has 0 fully saturated rings. The van der Waals surface area contributed by atoms with Crippen LogP contribution in [0.5, 0.6) is 0 Å². The van der Waals surface area contributed by atoms with Gasteiger partial charge in [-0.1, -0.05) is 48.5 Å². The van der Waals surface area contributed by atoms with E-state index in [1.54, 1.807) is 60.7 Å². The molecule has 0 aliphatic rings. The van der Waals surface area contributed by atoms with Crippen molar-refractivity contribution in [2.45, 2.75) is 11.8 Å². The first-order chi connectivity index (χ1) is 16.8. The number of sulfone groups is 1. The van der Waals surface area contributed by atoms with Gasteiger partial charge >= 0.3 is 0 Å². The summed E-state index contributed by atoms with van der Waals surface area (Å²) < 4.78 is 24.3. The number of nitrogens with one attached hydrogen (secondary N) is 1. The van der Waals surface area contributed by atoms with E-state index in [-0.39, 0.29) is 10.8 Å². The Bertz CT molecular complexity index is 1530. The third kappa shape index (κ3) is 5.44. The third-order valence-electron chi connectivity index (χ3n) is 5.40. The van der Waals surface area contributed by atoms with E-state index >= 15 is 0 Å². The van der Waals surface area contributed by atoms with Gasteiger partial charge in [-0.2, -0.15) is 5.10 Å². The molecule has 0 saturated heterocycles. The zero-order chi connectivity index (χ0) is 25.0. The van der Waals surface area contributed by atoms with Gasteiger partial charge in [0, 0.05) is 28.8 Å². The highest BCUT2D eigenvalue weighted by molar-refractivity contribution is 7.90. The number of benzene rings is 3. The average Bonchev–Trinajstić information content (AvgIpc) is 2.84. The number of nitrogens with two attached hydrogens (primary N) is 1. The summed E-state index contributed by atoms with van der Waals surface area (Å²) in [6.07, 6.45) is 2.72. The lowest BCUT2D eigenvalue weighted by atomic mass is 10.0. The van der Waals surface area contributed by atoms with Gasteiger partial charge < -0.3 is 11.2 Å². The molecule has 1 amide bonds. The number of rotatable bonds is 6. The van der Waals surface area contributed by atoms with Crippen molar-refractivity contribution in [1.29, 1.82) is 0 Å². The van der Waals surface area contributed by atoms with Crippen LogP contribution >= 0.6 is 0 Å². The summed E-state index contributed by atoms with van der Waals surface area (Å²) in [6.45, 7) is 1.86. The highest BCUT2D eigenvalue weighted by atomic mass is 32.2. The zero-order valence-corrected chi connectivity index (χ0v) is 20.1. The van der Waals surface area contributed by atoms with Gasteiger partial charge in [0.1, 0.15) is 0 Å². The number of hydrazone groups is 1. The number of nitrogens with zero attached hydrogens (tertiary/aromatic N) is 2. The van der Waals surface area contributed by atoms with Crippen molar-refractivity contribution in [3.8, 4) is 22.4 Å². The van der Waals surface area contributed by atoms with Crippen molar-refractivity contribution in [1.82, 2.24) is 4.98 Å². The summed E-state index contributed by atoms with van der Waals surface area (Å²) in [4.78, 5) is 18.1. The maximum absolute atomic E-state index is 13.2. The average molecular weight is 485 g/mol. The molecule has 0 atom stereocenters. The standard InChI is InChI=1S/C27H24N4O3S/c1-18-10-15-24(26(30-18)21-7-5-6-19(16-21)17-29-28)27(32)31-22-13-11-20(12-14-22)23-8-3-4-9-25(23)35(2,33)34/h3-17H,28H2,1-2H3,(H,31,32). The van der Waals surface area contributed by atoms with E-state index in [4.69, 9.17) is 5.84 Å². The molecule has 8 heteroatoms. The molecule has 0 aliphatic carbocycles. The zero-order valence-electron chi connectivity index (χ0n) is 19.3. The Labute approximate surface area is 204 Å². The summed E-state index contributed by atoms with van der Waals surface area (Å²) in [7, 11) is -3.38. The van der Waals surface area contributed by atoms with E-state index in [0.29, 0.717) is 22.5 Å². The molecule has 3 N–H and O–H groups in total. The molecular weight excluding hydrogens is 460 g/mol. The number of hydrogen-bond donors (Lipinski definition) is 2. The van der Waals surface area contributed by atoms with Crippen LogP contribution in [0.4, 0.5) is 5.69 Å². The van der Waals surface area contributed by atoms with Crippen LogP contribution in [0.3, 0.4) is 0 Å². The topological polar surface area (TPSA) is 115 Å². The molecular formula is C27H24N4O3S. The van der Waals surface area contributed by atoms with Crippen molar-refractivity contribution < 1.29 is 13.2 Å². The first-order valence-corrected chi connectivity index (χ1v) is 12.7. The molecule has 0 saturated carbocycles. The van der Waals surface area contributed by atoms with Crippen LogP contribution in [0.15, 0.2) is 94.9 Å². The van der Waals surface area contributed by atoms with Gasteiger partial charge in [-0.15, -0.1) is 0 Å². The van der Waals surface area contributed by atoms with E-state index in [1.807, 2.05) is 31.2 Å². The first kappa shape index (κ1) is 23.8. The highest BCUT2D eigenvalue weighted by Gasteiger charge is 2.17. The molecule has 0 bridgehead atoms. The number of aryl methyl sites for hydroxylation is 1. The first-order valence-electron chi connectivity index (χ1n) is 10.8. The number of amides is 1. The molecule has 4 aromatic rings. The summed E-state index contributed by atoms with van der Waals surface area (Å²) in [5.74, 6) is 4.96. The van der Waals surface area contributed by atoms with Gasteiger partial charge in [0.25, 0.3) is 5.91 Å². The lowest BCUT2D eigenvalue weighted by Crippen LogP contribution is -2.14. The molecule has 176 valence electrons. The maximum atomic E-state index is 13.2. The molecule has 3 aromatic carbocycles. The number of carbonyl (C=O) groups excluding carboxylic acids is 1. The smallest absolute Gasteiger partial charge is 0.257 e. The van der Waals surface area contributed by atoms with E-state index in [0.717, 1.165) is 22.4 Å². The Balaban J connectivity index is 1.63. The summed E-state index contributed by atoms with van der Waals surface area (Å²) in [6, 6.07) is 24.9. The normalized spacial score (nSPS) is 11.5. The molecule has 1 heterocycles. The van der Waals surface area contributed by atoms with Gasteiger partial charge in [0.05, 0.1) is 22.4 Å². The predicted octanol–water partition coefficient (Wildman–Crippen LogP) is 4.67. The molecule has 35 heavy (non-hydrogen) atoms. The van der Waals surface area contributed by atoms with Crippen LogP contribution in [0.2, 0.25) is 0 Å². The Morgan fingerprint density at radius 3 is 2.40 bits per heavy atom. The Hall–Kier alpha value is -4.30. The van der Waals surface area contributed by atoms with Crippen molar-refractivity contribution in [2.75, 3.05) is 11.6 Å². The van der Waals surface area contributed by atoms with E-state index in [1.165, 1.54) is 12.5 Å². The minimum absolute atomic E-state index is 0.258. The van der Waals surface area contributed by atoms with Crippen LogP contribution in [-0.4, -0.2) is 31.8 Å². The number of hydrogen-bond acceptors (Lipinski definition) is 6. The molecule has 0 spiro atoms. The fourth-order valence-electron chi connectivity index (χ4n) is 3.77. The SMILES string of the molecule is Cc1ccc(C(=O)Nc2ccc(-c3ccccc3S(C)(=O)=O)cc2)c(-c2cccc(C=NN)c2)n1. The van der Waals surface area contributed by atoms with Crippen LogP contribution in [0.25, 0.3) is 22.4 Å². The molecule has 4 rings (SSSR count). The van der Waals surface area contributed by atoms with Crippen molar-refractivity contribution >= 4 is 27.6 Å². The molecule has 7 nitrogen and oxygen atoms in total. The van der Waals surface area contributed by atoms with Crippen molar-refractivity contribution in [2.24, 2.45) is 10.9 Å². The van der Waals surface area contributed by atoms with Crippen LogP contribution in [0.1, 0.15) is 21.6 Å². The Kier molecular flexibility index (Phi) is 6.75. The summed E-state index contributed by atoms with van der Waals surface area (Å²) in [5.41, 5.74) is 5.24. The highest BCUT2D eigenvalue weighted by Crippen LogP contribution is 2.29.